The zero-order chi connectivity index (χ0) is 12.3. The molecule has 0 aliphatic rings. The lowest BCUT2D eigenvalue weighted by molar-refractivity contribution is 1.19. The van der Waals surface area contributed by atoms with E-state index in [2.05, 4.69) is 15.0 Å². The summed E-state index contributed by atoms with van der Waals surface area (Å²) in [7, 11) is 0. The van der Waals surface area contributed by atoms with Gasteiger partial charge in [-0.25, -0.2) is 15.0 Å². The van der Waals surface area contributed by atoms with Crippen LogP contribution in [0.2, 0.25) is 15.6 Å². The zero-order valence-electron chi connectivity index (χ0n) is 9.05. The van der Waals surface area contributed by atoms with Gasteiger partial charge in [-0.1, -0.05) is 37.0 Å². The number of aromatic nitrogens is 3. The molecule has 0 amide bonds. The third kappa shape index (κ3) is 2.54. The van der Waals surface area contributed by atoms with Crippen molar-refractivity contribution < 1.29 is 0 Å². The minimum atomic E-state index is 0.105. The smallest absolute Gasteiger partial charge is 0.224 e. The van der Waals surface area contributed by atoms with Crippen molar-refractivity contribution in [2.45, 2.75) is 20.8 Å². The first-order valence-electron chi connectivity index (χ1n) is 4.73. The molecule has 0 aliphatic heterocycles. The number of hydrogen-bond donors (Lipinski definition) is 0. The topological polar surface area (TPSA) is 38.7 Å². The van der Waals surface area contributed by atoms with Crippen molar-refractivity contribution in [3.8, 4) is 0 Å². The minimum absolute atomic E-state index is 0.105. The Balaban J connectivity index is 0.000000606. The molecule has 2 rings (SSSR count). The van der Waals surface area contributed by atoms with Gasteiger partial charge in [0.2, 0.25) is 5.28 Å². The van der Waals surface area contributed by atoms with E-state index >= 15 is 0 Å². The Bertz CT molecular complexity index is 514. The van der Waals surface area contributed by atoms with Crippen LogP contribution in [-0.2, 0) is 0 Å². The van der Waals surface area contributed by atoms with Gasteiger partial charge in [-0.3, -0.25) is 0 Å². The number of rotatable bonds is 0. The van der Waals surface area contributed by atoms with E-state index in [4.69, 9.17) is 34.8 Å². The fourth-order valence-electron chi connectivity index (χ4n) is 1.13. The molecular formula is C10H10Cl3N3. The highest BCUT2D eigenvalue weighted by atomic mass is 35.5. The molecule has 3 nitrogen and oxygen atoms in total. The van der Waals surface area contributed by atoms with Crippen molar-refractivity contribution in [3.05, 3.63) is 27.4 Å². The summed E-state index contributed by atoms with van der Waals surface area (Å²) in [5, 5.41) is 1.43. The highest BCUT2D eigenvalue weighted by Crippen LogP contribution is 2.26. The normalized spacial score (nSPS) is 9.88. The third-order valence-corrected chi connectivity index (χ3v) is 2.68. The Kier molecular flexibility index (Phi) is 4.71. The van der Waals surface area contributed by atoms with Crippen molar-refractivity contribution in [2.24, 2.45) is 0 Å². The lowest BCUT2D eigenvalue weighted by atomic mass is 10.2. The summed E-state index contributed by atoms with van der Waals surface area (Å²) in [5.74, 6) is 0. The van der Waals surface area contributed by atoms with Crippen LogP contribution < -0.4 is 0 Å². The van der Waals surface area contributed by atoms with E-state index in [0.717, 1.165) is 5.56 Å². The van der Waals surface area contributed by atoms with E-state index in [9.17, 15) is 0 Å². The molecule has 0 spiro atoms. The first-order valence-corrected chi connectivity index (χ1v) is 5.87. The summed E-state index contributed by atoms with van der Waals surface area (Å²) in [6.45, 7) is 5.80. The summed E-state index contributed by atoms with van der Waals surface area (Å²) in [5.41, 5.74) is 1.38. The van der Waals surface area contributed by atoms with E-state index in [-0.39, 0.29) is 10.4 Å². The van der Waals surface area contributed by atoms with Crippen molar-refractivity contribution in [1.29, 1.82) is 0 Å². The van der Waals surface area contributed by atoms with Crippen LogP contribution in [0, 0.1) is 6.92 Å². The molecule has 0 saturated heterocycles. The molecule has 0 N–H and O–H groups in total. The number of nitrogens with zero attached hydrogens (tertiary/aromatic N) is 3. The summed E-state index contributed by atoms with van der Waals surface area (Å²) in [6, 6.07) is 0. The van der Waals surface area contributed by atoms with E-state index in [1.54, 1.807) is 6.92 Å². The van der Waals surface area contributed by atoms with Gasteiger partial charge in [0.25, 0.3) is 0 Å². The van der Waals surface area contributed by atoms with Gasteiger partial charge in [-0.05, 0) is 18.5 Å². The van der Waals surface area contributed by atoms with Crippen LogP contribution in [0.1, 0.15) is 19.4 Å². The van der Waals surface area contributed by atoms with Crippen LogP contribution in [0.25, 0.3) is 10.9 Å². The lowest BCUT2D eigenvalue weighted by Crippen LogP contribution is -1.92. The SMILES string of the molecule is CC.Cc1c(Cl)ncc2c(Cl)nc(Cl)nc12. The second-order valence-corrected chi connectivity index (χ2v) is 3.77. The second kappa shape index (κ2) is 5.62. The predicted octanol–water partition coefficient (Wildman–Crippen LogP) is 4.32. The molecule has 0 fully saturated rings. The molecule has 86 valence electrons. The van der Waals surface area contributed by atoms with Gasteiger partial charge in [0.15, 0.2) is 0 Å². The summed E-state index contributed by atoms with van der Waals surface area (Å²) >= 11 is 17.4. The predicted molar refractivity (Wildman–Crippen MR) is 68.4 cm³/mol. The average molecular weight is 279 g/mol. The molecule has 0 unspecified atom stereocenters. The van der Waals surface area contributed by atoms with Crippen LogP contribution in [0.3, 0.4) is 0 Å². The number of fused-ring (bicyclic) bond motifs is 1. The average Bonchev–Trinajstić information content (AvgIpc) is 2.27. The van der Waals surface area contributed by atoms with Crippen LogP contribution in [-0.4, -0.2) is 15.0 Å². The second-order valence-electron chi connectivity index (χ2n) is 2.72. The van der Waals surface area contributed by atoms with Gasteiger partial charge < -0.3 is 0 Å². The molecule has 0 radical (unpaired) electrons. The van der Waals surface area contributed by atoms with E-state index in [1.165, 1.54) is 6.20 Å². The highest BCUT2D eigenvalue weighted by molar-refractivity contribution is 6.36. The third-order valence-electron chi connectivity index (χ3n) is 1.84. The molecule has 2 heterocycles. The van der Waals surface area contributed by atoms with Gasteiger partial charge in [-0.2, -0.15) is 0 Å². The van der Waals surface area contributed by atoms with E-state index < -0.39 is 0 Å². The van der Waals surface area contributed by atoms with Gasteiger partial charge in [0.05, 0.1) is 10.9 Å². The monoisotopic (exact) mass is 277 g/mol. The molecule has 0 aromatic carbocycles. The lowest BCUT2D eigenvalue weighted by Gasteiger charge is -2.03. The van der Waals surface area contributed by atoms with Crippen LogP contribution in [0.4, 0.5) is 0 Å². The molecule has 0 atom stereocenters. The van der Waals surface area contributed by atoms with Crippen molar-refractivity contribution >= 4 is 45.7 Å². The highest BCUT2D eigenvalue weighted by Gasteiger charge is 2.09. The molecule has 2 aromatic rings. The number of hydrogen-bond acceptors (Lipinski definition) is 3. The number of halogens is 3. The molecule has 2 aromatic heterocycles. The molecule has 0 aliphatic carbocycles. The number of aryl methyl sites for hydroxylation is 1. The Morgan fingerprint density at radius 3 is 2.25 bits per heavy atom. The van der Waals surface area contributed by atoms with Gasteiger partial charge in [-0.15, -0.1) is 0 Å². The Labute approximate surface area is 109 Å². The fraction of sp³-hybridized carbons (Fsp3) is 0.300. The van der Waals surface area contributed by atoms with Crippen LogP contribution in [0.15, 0.2) is 6.20 Å². The van der Waals surface area contributed by atoms with Gasteiger partial charge in [0, 0.05) is 11.8 Å². The summed E-state index contributed by atoms with van der Waals surface area (Å²) in [6.07, 6.45) is 1.53. The van der Waals surface area contributed by atoms with Crippen molar-refractivity contribution in [3.63, 3.8) is 0 Å². The zero-order valence-corrected chi connectivity index (χ0v) is 11.3. The van der Waals surface area contributed by atoms with Crippen LogP contribution in [0.5, 0.6) is 0 Å². The van der Waals surface area contributed by atoms with E-state index in [0.29, 0.717) is 16.1 Å². The first kappa shape index (κ1) is 13.4. The maximum absolute atomic E-state index is 5.87. The quantitative estimate of drug-likeness (QED) is 0.409. The summed E-state index contributed by atoms with van der Waals surface area (Å²) in [4.78, 5) is 11.8. The molecule has 0 bridgehead atoms. The minimum Gasteiger partial charge on any atom is -0.243 e. The molecule has 6 heteroatoms. The van der Waals surface area contributed by atoms with Gasteiger partial charge in [0.1, 0.15) is 10.3 Å². The van der Waals surface area contributed by atoms with E-state index in [1.807, 2.05) is 13.8 Å². The maximum atomic E-state index is 5.87. The Hall–Kier alpha value is -0.640. The maximum Gasteiger partial charge on any atom is 0.224 e. The fourth-order valence-corrected chi connectivity index (χ4v) is 1.70. The number of pyridine rings is 1. The standard InChI is InChI=1S/C8H4Cl3N3.C2H6/c1-3-5-4(2-12-6(3)9)7(10)14-8(11)13-5;1-2/h2H,1H3;1-2H3. The molecular weight excluding hydrogens is 268 g/mol. The Morgan fingerprint density at radius 2 is 1.62 bits per heavy atom. The van der Waals surface area contributed by atoms with Crippen molar-refractivity contribution in [1.82, 2.24) is 15.0 Å². The first-order chi connectivity index (χ1) is 7.59. The largest absolute Gasteiger partial charge is 0.243 e. The molecule has 16 heavy (non-hydrogen) atoms. The summed E-state index contributed by atoms with van der Waals surface area (Å²) < 4.78 is 0. The van der Waals surface area contributed by atoms with Crippen LogP contribution >= 0.6 is 34.8 Å². The Morgan fingerprint density at radius 1 is 1.00 bits per heavy atom. The van der Waals surface area contributed by atoms with Gasteiger partial charge >= 0.3 is 0 Å². The molecule has 0 saturated carbocycles. The van der Waals surface area contributed by atoms with Crippen molar-refractivity contribution in [2.75, 3.05) is 0 Å².